The number of methoxy groups -OCH3 is 3. The molecule has 3 fully saturated rings. The van der Waals surface area contributed by atoms with Gasteiger partial charge in [0.1, 0.15) is 24.0 Å². The first-order valence-electron chi connectivity index (χ1n) is 20.9. The number of nitrogens with zero attached hydrogens (tertiary/aromatic N) is 1. The molecule has 1 aliphatic carbocycles. The fraction of sp³-hybridized carbons (Fsp3) is 0.773. The standard InChI is InChI=1S/C44H69NO12/c1-10-13-31-19-25(2)18-26(3)20-37(54-8)40-38(55-9)22-28(5)44(52,57-40)41(49)42(50)45-17-12-11-14-32(45)43(51)56-39(29(6)34(47)24-35(31)48)27(4)21-30-15-16-33(46)36(23-30)53-7/h10,19,21,26,28-34,36-40,46-47,52H,1,11-18,20,22-24H2,2-9H3/b25-19?,27-21+/t26-,28+,29+,30-,31+,32+,33-,34+,36+,37-,38+,39+,40+,44+/m0/s1. The van der Waals surface area contributed by atoms with E-state index in [1.165, 1.54) is 19.1 Å². The summed E-state index contributed by atoms with van der Waals surface area (Å²) in [6, 6.07) is -1.14. The minimum Gasteiger partial charge on any atom is -0.456 e. The van der Waals surface area contributed by atoms with Crippen molar-refractivity contribution in [1.82, 2.24) is 4.90 Å². The molecule has 1 saturated carbocycles. The lowest BCUT2D eigenvalue weighted by Crippen LogP contribution is -2.64. The number of ketones is 2. The lowest BCUT2D eigenvalue weighted by Gasteiger charge is -2.47. The number of ether oxygens (including phenoxy) is 5. The van der Waals surface area contributed by atoms with Crippen LogP contribution in [0.25, 0.3) is 0 Å². The maximum atomic E-state index is 14.3. The summed E-state index contributed by atoms with van der Waals surface area (Å²) in [4.78, 5) is 57.8. The van der Waals surface area contributed by atoms with Crippen LogP contribution in [0.2, 0.25) is 0 Å². The monoisotopic (exact) mass is 803 g/mol. The average Bonchev–Trinajstić information content (AvgIpc) is 3.18. The summed E-state index contributed by atoms with van der Waals surface area (Å²) in [6.07, 6.45) is 4.93. The second kappa shape index (κ2) is 21.0. The normalized spacial score (nSPS) is 40.1. The molecule has 0 radical (unpaired) electrons. The van der Waals surface area contributed by atoms with Crippen molar-refractivity contribution in [2.24, 2.45) is 29.6 Å². The summed E-state index contributed by atoms with van der Waals surface area (Å²) in [6.45, 7) is 13.1. The van der Waals surface area contributed by atoms with E-state index in [1.807, 2.05) is 32.9 Å². The first-order chi connectivity index (χ1) is 27.0. The Balaban J connectivity index is 1.78. The van der Waals surface area contributed by atoms with Gasteiger partial charge in [0.05, 0.1) is 30.5 Å². The van der Waals surface area contributed by atoms with Crippen LogP contribution in [-0.2, 0) is 42.9 Å². The van der Waals surface area contributed by atoms with Crippen LogP contribution in [0.5, 0.6) is 0 Å². The van der Waals surface area contributed by atoms with Crippen molar-refractivity contribution in [2.45, 2.75) is 160 Å². The summed E-state index contributed by atoms with van der Waals surface area (Å²) in [5.74, 6) is -7.76. The number of amides is 1. The van der Waals surface area contributed by atoms with Crippen LogP contribution in [0.15, 0.2) is 36.0 Å². The van der Waals surface area contributed by atoms with Crippen LogP contribution in [-0.4, -0.2) is 126 Å². The quantitative estimate of drug-likeness (QED) is 0.185. The Hall–Kier alpha value is -2.78. The van der Waals surface area contributed by atoms with Crippen molar-refractivity contribution in [1.29, 1.82) is 0 Å². The third-order valence-electron chi connectivity index (χ3n) is 12.9. The topological polar surface area (TPSA) is 178 Å². The minimum atomic E-state index is -2.51. The molecule has 0 spiro atoms. The molecule has 13 nitrogen and oxygen atoms in total. The van der Waals surface area contributed by atoms with Gasteiger partial charge in [0.15, 0.2) is 0 Å². The number of hydrogen-bond donors (Lipinski definition) is 3. The second-order valence-electron chi connectivity index (χ2n) is 17.3. The number of carbonyl (C=O) groups is 4. The smallest absolute Gasteiger partial charge is 0.329 e. The largest absolute Gasteiger partial charge is 0.456 e. The molecule has 0 aromatic carbocycles. The number of piperidine rings is 1. The van der Waals surface area contributed by atoms with E-state index in [0.717, 1.165) is 5.57 Å². The maximum Gasteiger partial charge on any atom is 0.329 e. The molecule has 2 saturated heterocycles. The highest BCUT2D eigenvalue weighted by atomic mass is 16.7. The maximum absolute atomic E-state index is 14.3. The number of cyclic esters (lactones) is 1. The van der Waals surface area contributed by atoms with Gasteiger partial charge in [-0.05, 0) is 95.5 Å². The molecule has 4 rings (SSSR count). The number of fused-ring (bicyclic) bond motifs is 3. The van der Waals surface area contributed by atoms with Crippen LogP contribution in [0.1, 0.15) is 105 Å². The molecule has 57 heavy (non-hydrogen) atoms. The number of allylic oxidation sites excluding steroid dienone is 4. The van der Waals surface area contributed by atoms with Crippen molar-refractivity contribution in [3.8, 4) is 0 Å². The molecule has 4 aliphatic rings. The van der Waals surface area contributed by atoms with Gasteiger partial charge in [-0.25, -0.2) is 4.79 Å². The van der Waals surface area contributed by atoms with Crippen molar-refractivity contribution >= 4 is 23.4 Å². The molecule has 3 N–H and O–H groups in total. The summed E-state index contributed by atoms with van der Waals surface area (Å²) >= 11 is 0. The number of carbonyl (C=O) groups excluding carboxylic acids is 4. The van der Waals surface area contributed by atoms with E-state index in [2.05, 4.69) is 6.58 Å². The van der Waals surface area contributed by atoms with Gasteiger partial charge >= 0.3 is 5.97 Å². The van der Waals surface area contributed by atoms with Crippen molar-refractivity contribution in [2.75, 3.05) is 27.9 Å². The second-order valence-corrected chi connectivity index (χ2v) is 17.3. The molecule has 13 heteroatoms. The minimum absolute atomic E-state index is 0.00988. The molecular weight excluding hydrogens is 734 g/mol. The van der Waals surface area contributed by atoms with Gasteiger partial charge in [-0.1, -0.05) is 44.6 Å². The first-order valence-corrected chi connectivity index (χ1v) is 20.9. The molecule has 1 amide bonds. The molecule has 3 aliphatic heterocycles. The van der Waals surface area contributed by atoms with Gasteiger partial charge in [0.25, 0.3) is 11.7 Å². The molecule has 2 bridgehead atoms. The number of aliphatic hydroxyl groups excluding tert-OH is 2. The fourth-order valence-corrected chi connectivity index (χ4v) is 9.42. The predicted octanol–water partition coefficient (Wildman–Crippen LogP) is 4.64. The van der Waals surface area contributed by atoms with E-state index in [-0.39, 0.29) is 49.5 Å². The Labute approximate surface area is 339 Å². The van der Waals surface area contributed by atoms with Crippen molar-refractivity contribution in [3.63, 3.8) is 0 Å². The zero-order valence-corrected chi connectivity index (χ0v) is 35.4. The van der Waals surface area contributed by atoms with Gasteiger partial charge in [-0.3, -0.25) is 14.4 Å². The van der Waals surface area contributed by atoms with E-state index in [0.29, 0.717) is 56.9 Å². The lowest BCUT2D eigenvalue weighted by atomic mass is 9.81. The average molecular weight is 804 g/mol. The number of aliphatic hydroxyl groups is 3. The summed E-state index contributed by atoms with van der Waals surface area (Å²) in [7, 11) is 4.61. The molecule has 322 valence electrons. The molecule has 0 unspecified atom stereocenters. The summed E-state index contributed by atoms with van der Waals surface area (Å²) in [5, 5.41) is 34.1. The number of esters is 1. The highest BCUT2D eigenvalue weighted by Gasteiger charge is 2.56. The fourth-order valence-electron chi connectivity index (χ4n) is 9.42. The SMILES string of the molecule is C=CC[C@@H]1C=C(C)C[C@H](C)C[C@H](OC)[C@H]2O[C@@](O)(C(=O)C(=O)N3CCCC[C@@H]3C(=O)O[C@H](/C(C)=C/[C@@H]3CC[C@H](O)[C@H](OC)C3)[C@H](C)[C@H](O)CC1=O)[C@H](C)C[C@H]2OC. The van der Waals surface area contributed by atoms with Gasteiger partial charge in [-0.2, -0.15) is 0 Å². The van der Waals surface area contributed by atoms with Crippen LogP contribution < -0.4 is 0 Å². The highest BCUT2D eigenvalue weighted by Crippen LogP contribution is 2.39. The lowest BCUT2D eigenvalue weighted by molar-refractivity contribution is -0.302. The number of Topliss-reactive ketones (excluding diaryl/α,β-unsaturated/α-hetero) is 2. The van der Waals surface area contributed by atoms with Crippen LogP contribution >= 0.6 is 0 Å². The third-order valence-corrected chi connectivity index (χ3v) is 12.9. The van der Waals surface area contributed by atoms with E-state index < -0.39 is 83.9 Å². The zero-order valence-electron chi connectivity index (χ0n) is 35.4. The molecular formula is C44H69NO12. The van der Waals surface area contributed by atoms with Gasteiger partial charge < -0.3 is 43.9 Å². The van der Waals surface area contributed by atoms with Crippen molar-refractivity contribution in [3.05, 3.63) is 36.0 Å². The zero-order chi connectivity index (χ0) is 42.2. The van der Waals surface area contributed by atoms with Gasteiger partial charge in [0.2, 0.25) is 5.79 Å². The molecule has 3 heterocycles. The van der Waals surface area contributed by atoms with Crippen LogP contribution in [0.4, 0.5) is 0 Å². The Morgan fingerprint density at radius 2 is 1.60 bits per heavy atom. The first kappa shape index (κ1) is 46.9. The third kappa shape index (κ3) is 11.3. The number of hydrogen-bond acceptors (Lipinski definition) is 12. The van der Waals surface area contributed by atoms with E-state index in [4.69, 9.17) is 23.7 Å². The van der Waals surface area contributed by atoms with E-state index in [1.54, 1.807) is 27.0 Å². The Bertz CT molecular complexity index is 1480. The van der Waals surface area contributed by atoms with Crippen LogP contribution in [0.3, 0.4) is 0 Å². The van der Waals surface area contributed by atoms with E-state index in [9.17, 15) is 34.5 Å². The predicted molar refractivity (Wildman–Crippen MR) is 213 cm³/mol. The highest BCUT2D eigenvalue weighted by molar-refractivity contribution is 6.39. The summed E-state index contributed by atoms with van der Waals surface area (Å²) in [5.41, 5.74) is 1.61. The van der Waals surface area contributed by atoms with Gasteiger partial charge in [-0.15, -0.1) is 6.58 Å². The Kier molecular flexibility index (Phi) is 17.2. The van der Waals surface area contributed by atoms with Crippen molar-refractivity contribution < 1.29 is 58.2 Å². The van der Waals surface area contributed by atoms with Gasteiger partial charge in [0, 0.05) is 52.0 Å². The van der Waals surface area contributed by atoms with E-state index >= 15 is 0 Å². The van der Waals surface area contributed by atoms with Crippen LogP contribution in [0, 0.1) is 29.6 Å². The molecule has 14 atom stereocenters. The molecule has 0 aromatic heterocycles. The summed E-state index contributed by atoms with van der Waals surface area (Å²) < 4.78 is 29.7. The Morgan fingerprint density at radius 3 is 2.25 bits per heavy atom. The Morgan fingerprint density at radius 1 is 0.930 bits per heavy atom. The molecule has 0 aromatic rings. The number of rotatable bonds is 7.